The molecule has 1 amide bonds. The van der Waals surface area contributed by atoms with E-state index in [1.54, 1.807) is 44.6 Å². The molecule has 2 heterocycles. The number of carbonyl (C=O) groups is 1. The van der Waals surface area contributed by atoms with Crippen molar-refractivity contribution in [3.05, 3.63) is 58.1 Å². The van der Waals surface area contributed by atoms with Crippen molar-refractivity contribution < 1.29 is 18.0 Å². The van der Waals surface area contributed by atoms with E-state index in [-0.39, 0.29) is 37.4 Å². The van der Waals surface area contributed by atoms with E-state index in [1.165, 1.54) is 4.57 Å². The highest BCUT2D eigenvalue weighted by Crippen LogP contribution is 2.75. The highest BCUT2D eigenvalue weighted by atomic mass is 19.4. The number of carbonyl (C=O) groups excluding carboxylic acids is 1. The number of aryl methyl sites for hydroxylation is 1. The Bertz CT molecular complexity index is 1260. The number of anilines is 1. The number of alkyl halides is 3. The number of aromatic amines is 1. The summed E-state index contributed by atoms with van der Waals surface area (Å²) in [5.74, 6) is 0.332. The SMILES string of the molecule is CN(c1ccc(CNC(=O)c2ccc3c(c2)[nH]c(=O)n3C)cn1)C12CC(C(F)(F)F)(C1)C2. The Labute approximate surface area is 181 Å². The van der Waals surface area contributed by atoms with Crippen LogP contribution in [0.1, 0.15) is 35.2 Å². The maximum Gasteiger partial charge on any atom is 0.394 e. The van der Waals surface area contributed by atoms with Crippen LogP contribution in [-0.2, 0) is 13.6 Å². The van der Waals surface area contributed by atoms with Gasteiger partial charge >= 0.3 is 11.9 Å². The molecule has 3 aliphatic rings. The first-order valence-corrected chi connectivity index (χ1v) is 10.3. The van der Waals surface area contributed by atoms with Gasteiger partial charge in [0.05, 0.1) is 16.4 Å². The Morgan fingerprint density at radius 2 is 1.97 bits per heavy atom. The van der Waals surface area contributed by atoms with Gasteiger partial charge in [-0.25, -0.2) is 9.78 Å². The number of imidazole rings is 1. The van der Waals surface area contributed by atoms with Gasteiger partial charge < -0.3 is 15.2 Å². The van der Waals surface area contributed by atoms with Crippen molar-refractivity contribution >= 4 is 22.8 Å². The van der Waals surface area contributed by atoms with Crippen LogP contribution in [0, 0.1) is 5.41 Å². The van der Waals surface area contributed by atoms with Crippen LogP contribution in [0.2, 0.25) is 0 Å². The molecule has 168 valence electrons. The minimum absolute atomic E-state index is 0.122. The van der Waals surface area contributed by atoms with Crippen LogP contribution < -0.4 is 15.9 Å². The summed E-state index contributed by atoms with van der Waals surface area (Å²) in [4.78, 5) is 33.1. The molecule has 0 aliphatic heterocycles. The summed E-state index contributed by atoms with van der Waals surface area (Å²) in [6.45, 7) is 0.251. The molecule has 0 radical (unpaired) electrons. The van der Waals surface area contributed by atoms with Crippen LogP contribution in [0.4, 0.5) is 19.0 Å². The lowest BCUT2D eigenvalue weighted by molar-refractivity contribution is -0.332. The van der Waals surface area contributed by atoms with Gasteiger partial charge in [-0.15, -0.1) is 0 Å². The predicted molar refractivity (Wildman–Crippen MR) is 112 cm³/mol. The molecular formula is C22H22F3N5O2. The van der Waals surface area contributed by atoms with Crippen molar-refractivity contribution in [1.29, 1.82) is 0 Å². The lowest BCUT2D eigenvalue weighted by atomic mass is 9.38. The summed E-state index contributed by atoms with van der Waals surface area (Å²) in [6, 6.07) is 8.56. The van der Waals surface area contributed by atoms with Crippen molar-refractivity contribution in [2.75, 3.05) is 11.9 Å². The molecule has 2 aromatic heterocycles. The highest BCUT2D eigenvalue weighted by molar-refractivity contribution is 5.97. The van der Waals surface area contributed by atoms with Gasteiger partial charge in [0.2, 0.25) is 0 Å². The molecule has 3 aromatic rings. The minimum atomic E-state index is -4.13. The summed E-state index contributed by atoms with van der Waals surface area (Å²) in [5.41, 5.74) is 0.290. The maximum atomic E-state index is 13.1. The van der Waals surface area contributed by atoms with E-state index in [2.05, 4.69) is 15.3 Å². The Hall–Kier alpha value is -3.30. The Kier molecular flexibility index (Phi) is 4.25. The van der Waals surface area contributed by atoms with Crippen LogP contribution >= 0.6 is 0 Å². The zero-order valence-corrected chi connectivity index (χ0v) is 17.6. The van der Waals surface area contributed by atoms with Crippen LogP contribution in [-0.4, -0.2) is 39.2 Å². The van der Waals surface area contributed by atoms with E-state index < -0.39 is 17.1 Å². The largest absolute Gasteiger partial charge is 0.394 e. The topological polar surface area (TPSA) is 83.0 Å². The third-order valence-electron chi connectivity index (χ3n) is 7.09. The third-order valence-corrected chi connectivity index (χ3v) is 7.09. The van der Waals surface area contributed by atoms with Gasteiger partial charge in [-0.1, -0.05) is 6.07 Å². The summed E-state index contributed by atoms with van der Waals surface area (Å²) in [7, 11) is 3.44. The predicted octanol–water partition coefficient (Wildman–Crippen LogP) is 3.11. The van der Waals surface area contributed by atoms with Crippen molar-refractivity contribution in [2.24, 2.45) is 12.5 Å². The molecule has 1 aromatic carbocycles. The number of amides is 1. The van der Waals surface area contributed by atoms with E-state index in [0.717, 1.165) is 5.56 Å². The maximum absolute atomic E-state index is 13.1. The number of halogens is 3. The second-order valence-corrected chi connectivity index (χ2v) is 9.02. The molecule has 10 heteroatoms. The quantitative estimate of drug-likeness (QED) is 0.632. The first-order valence-electron chi connectivity index (χ1n) is 10.3. The molecule has 32 heavy (non-hydrogen) atoms. The summed E-state index contributed by atoms with van der Waals surface area (Å²) in [6.07, 6.45) is -2.15. The molecule has 6 rings (SSSR count). The molecule has 0 spiro atoms. The fourth-order valence-corrected chi connectivity index (χ4v) is 5.02. The van der Waals surface area contributed by atoms with Gasteiger partial charge in [-0.05, 0) is 49.1 Å². The van der Waals surface area contributed by atoms with Crippen LogP contribution in [0.15, 0.2) is 41.3 Å². The number of nitrogens with one attached hydrogen (secondary N) is 2. The van der Waals surface area contributed by atoms with Crippen molar-refractivity contribution in [1.82, 2.24) is 19.9 Å². The lowest BCUT2D eigenvalue weighted by Crippen LogP contribution is -2.78. The number of H-pyrrole nitrogens is 1. The molecule has 0 unspecified atom stereocenters. The zero-order valence-electron chi connectivity index (χ0n) is 17.6. The zero-order chi connectivity index (χ0) is 22.9. The summed E-state index contributed by atoms with van der Waals surface area (Å²) < 4.78 is 40.8. The Morgan fingerprint density at radius 1 is 1.25 bits per heavy atom. The average molecular weight is 445 g/mol. The third kappa shape index (κ3) is 2.92. The first kappa shape index (κ1) is 20.6. The highest BCUT2D eigenvalue weighted by Gasteiger charge is 2.79. The molecule has 3 fully saturated rings. The summed E-state index contributed by atoms with van der Waals surface area (Å²) in [5, 5.41) is 2.82. The second kappa shape index (κ2) is 6.60. The van der Waals surface area contributed by atoms with Crippen LogP contribution in [0.25, 0.3) is 11.0 Å². The fourth-order valence-electron chi connectivity index (χ4n) is 5.02. The molecule has 3 saturated carbocycles. The first-order chi connectivity index (χ1) is 15.0. The van der Waals surface area contributed by atoms with Gasteiger partial charge in [-0.3, -0.25) is 9.36 Å². The molecule has 7 nitrogen and oxygen atoms in total. The molecule has 2 N–H and O–H groups in total. The molecular weight excluding hydrogens is 423 g/mol. The fraction of sp³-hybridized carbons (Fsp3) is 0.409. The van der Waals surface area contributed by atoms with Crippen molar-refractivity contribution in [3.63, 3.8) is 0 Å². The number of rotatable bonds is 5. The average Bonchev–Trinajstić information content (AvgIpc) is 2.96. The van der Waals surface area contributed by atoms with E-state index >= 15 is 0 Å². The normalized spacial score (nSPS) is 24.0. The van der Waals surface area contributed by atoms with E-state index in [0.29, 0.717) is 22.4 Å². The van der Waals surface area contributed by atoms with Gasteiger partial charge in [0.25, 0.3) is 5.91 Å². The van der Waals surface area contributed by atoms with E-state index in [9.17, 15) is 22.8 Å². The van der Waals surface area contributed by atoms with E-state index in [4.69, 9.17) is 0 Å². The van der Waals surface area contributed by atoms with Crippen LogP contribution in [0.3, 0.4) is 0 Å². The number of nitrogens with zero attached hydrogens (tertiary/aromatic N) is 3. The second-order valence-electron chi connectivity index (χ2n) is 9.02. The number of benzene rings is 1. The van der Waals surface area contributed by atoms with Gasteiger partial charge in [0, 0.05) is 37.9 Å². The van der Waals surface area contributed by atoms with Crippen LogP contribution in [0.5, 0.6) is 0 Å². The lowest BCUT2D eigenvalue weighted by Gasteiger charge is -2.73. The van der Waals surface area contributed by atoms with Gasteiger partial charge in [-0.2, -0.15) is 13.2 Å². The smallest absolute Gasteiger partial charge is 0.354 e. The number of pyridine rings is 1. The van der Waals surface area contributed by atoms with Crippen molar-refractivity contribution in [2.45, 2.75) is 37.5 Å². The van der Waals surface area contributed by atoms with Gasteiger partial charge in [0.1, 0.15) is 5.82 Å². The molecule has 2 bridgehead atoms. The number of hydrogen-bond donors (Lipinski definition) is 2. The van der Waals surface area contributed by atoms with Gasteiger partial charge in [0.15, 0.2) is 0 Å². The number of aromatic nitrogens is 3. The molecule has 3 aliphatic carbocycles. The monoisotopic (exact) mass is 445 g/mol. The number of hydrogen-bond acceptors (Lipinski definition) is 4. The standard InChI is InChI=1S/C22H22F3N5O2/c1-29-16-5-4-14(7-15(16)28-19(29)32)18(31)27-9-13-3-6-17(26-8-13)30(2)21-10-20(11-21,12-21)22(23,24)25/h3-8H,9-12H2,1-2H3,(H,27,31)(H,28,32). The minimum Gasteiger partial charge on any atom is -0.354 e. The Morgan fingerprint density at radius 3 is 2.59 bits per heavy atom. The van der Waals surface area contributed by atoms with Crippen molar-refractivity contribution in [3.8, 4) is 0 Å². The molecule has 0 saturated heterocycles. The molecule has 0 atom stereocenters. The Balaban J connectivity index is 1.20. The van der Waals surface area contributed by atoms with E-state index in [1.807, 2.05) is 11.0 Å². The summed E-state index contributed by atoms with van der Waals surface area (Å²) >= 11 is 0. The number of fused-ring (bicyclic) bond motifs is 1.